The Morgan fingerprint density at radius 1 is 1.06 bits per heavy atom. The molecule has 1 aliphatic heterocycles. The Labute approximate surface area is 194 Å². The van der Waals surface area contributed by atoms with E-state index in [9.17, 15) is 14.9 Å². The Balaban J connectivity index is 1.46. The van der Waals surface area contributed by atoms with E-state index in [2.05, 4.69) is 10.3 Å². The molecule has 0 radical (unpaired) electrons. The van der Waals surface area contributed by atoms with Crippen molar-refractivity contribution in [3.8, 4) is 11.5 Å². The molecule has 0 spiro atoms. The number of thioether (sulfide) groups is 1. The number of nitrogens with zero attached hydrogens (tertiary/aromatic N) is 2. The standard InChI is InChI=1S/C24H19N3O5S/c1-31-21-13-17(9-12-20(21)32-15-16-7-10-19(11-8-16)27(29)30)14-22-23(28)26-24(33-22)25-18-5-3-2-4-6-18/h2-14H,15H2,1H3,(H,25,26,28). The van der Waals surface area contributed by atoms with Gasteiger partial charge in [-0.05, 0) is 65.4 Å². The number of amides is 1. The van der Waals surface area contributed by atoms with Crippen molar-refractivity contribution in [3.63, 3.8) is 0 Å². The second-order valence-corrected chi connectivity index (χ2v) is 7.97. The van der Waals surface area contributed by atoms with Crippen LogP contribution in [0.15, 0.2) is 82.7 Å². The number of rotatable bonds is 7. The van der Waals surface area contributed by atoms with E-state index in [0.29, 0.717) is 21.6 Å². The number of ether oxygens (including phenoxy) is 2. The number of nitro benzene ring substituents is 1. The van der Waals surface area contributed by atoms with Crippen molar-refractivity contribution in [3.05, 3.63) is 98.9 Å². The number of para-hydroxylation sites is 1. The second-order valence-electron chi connectivity index (χ2n) is 6.94. The summed E-state index contributed by atoms with van der Waals surface area (Å²) in [6, 6.07) is 20.9. The highest BCUT2D eigenvalue weighted by molar-refractivity contribution is 8.18. The second kappa shape index (κ2) is 10.0. The first-order valence-corrected chi connectivity index (χ1v) is 10.7. The lowest BCUT2D eigenvalue weighted by atomic mass is 10.2. The van der Waals surface area contributed by atoms with Crippen molar-refractivity contribution in [1.82, 2.24) is 5.32 Å². The summed E-state index contributed by atoms with van der Waals surface area (Å²) in [5, 5.41) is 14.1. The van der Waals surface area contributed by atoms with E-state index in [1.165, 1.54) is 31.0 Å². The highest BCUT2D eigenvalue weighted by Crippen LogP contribution is 2.32. The number of hydrogen-bond acceptors (Lipinski definition) is 7. The molecule has 166 valence electrons. The maximum atomic E-state index is 12.3. The Hall–Kier alpha value is -4.11. The highest BCUT2D eigenvalue weighted by atomic mass is 32.2. The van der Waals surface area contributed by atoms with E-state index < -0.39 is 4.92 Å². The minimum atomic E-state index is -0.444. The summed E-state index contributed by atoms with van der Waals surface area (Å²) in [5.41, 5.74) is 2.35. The number of carbonyl (C=O) groups excluding carboxylic acids is 1. The number of methoxy groups -OCH3 is 1. The van der Waals surface area contributed by atoms with Crippen LogP contribution in [0.1, 0.15) is 11.1 Å². The first-order valence-electron chi connectivity index (χ1n) is 9.90. The molecule has 1 fully saturated rings. The molecule has 3 aromatic carbocycles. The summed E-state index contributed by atoms with van der Waals surface area (Å²) >= 11 is 1.27. The Kier molecular flexibility index (Phi) is 6.70. The molecule has 1 aliphatic rings. The normalized spacial score (nSPS) is 15.5. The third-order valence-corrected chi connectivity index (χ3v) is 5.57. The summed E-state index contributed by atoms with van der Waals surface area (Å²) in [5.74, 6) is 0.813. The van der Waals surface area contributed by atoms with Gasteiger partial charge < -0.3 is 14.8 Å². The fraction of sp³-hybridized carbons (Fsp3) is 0.0833. The molecule has 8 nitrogen and oxygen atoms in total. The van der Waals surface area contributed by atoms with Crippen LogP contribution < -0.4 is 14.8 Å². The lowest BCUT2D eigenvalue weighted by Gasteiger charge is -2.11. The van der Waals surface area contributed by atoms with Crippen LogP contribution in [0.4, 0.5) is 11.4 Å². The van der Waals surface area contributed by atoms with Crippen molar-refractivity contribution in [2.24, 2.45) is 4.99 Å². The lowest BCUT2D eigenvalue weighted by molar-refractivity contribution is -0.384. The summed E-state index contributed by atoms with van der Waals surface area (Å²) in [6.07, 6.45) is 1.76. The Morgan fingerprint density at radius 3 is 2.52 bits per heavy atom. The predicted molar refractivity (Wildman–Crippen MR) is 128 cm³/mol. The van der Waals surface area contributed by atoms with E-state index in [0.717, 1.165) is 16.8 Å². The predicted octanol–water partition coefficient (Wildman–Crippen LogP) is 5.07. The van der Waals surface area contributed by atoms with Crippen LogP contribution in [0.5, 0.6) is 11.5 Å². The largest absolute Gasteiger partial charge is 0.493 e. The van der Waals surface area contributed by atoms with E-state index in [4.69, 9.17) is 9.47 Å². The van der Waals surface area contributed by atoms with E-state index in [1.807, 2.05) is 36.4 Å². The quantitative estimate of drug-likeness (QED) is 0.299. The zero-order valence-corrected chi connectivity index (χ0v) is 18.4. The molecule has 3 aromatic rings. The number of nitro groups is 1. The van der Waals surface area contributed by atoms with Gasteiger partial charge in [-0.2, -0.15) is 0 Å². The third kappa shape index (κ3) is 5.58. The van der Waals surface area contributed by atoms with Gasteiger partial charge in [0.05, 0.1) is 22.6 Å². The number of benzene rings is 3. The van der Waals surface area contributed by atoms with Crippen LogP contribution >= 0.6 is 11.8 Å². The summed E-state index contributed by atoms with van der Waals surface area (Å²) in [6.45, 7) is 0.229. The van der Waals surface area contributed by atoms with Gasteiger partial charge in [0, 0.05) is 12.1 Å². The van der Waals surface area contributed by atoms with Gasteiger partial charge in [0.2, 0.25) is 0 Å². The molecular formula is C24H19N3O5S. The summed E-state index contributed by atoms with van der Waals surface area (Å²) < 4.78 is 11.3. The van der Waals surface area contributed by atoms with Gasteiger partial charge in [0.25, 0.3) is 11.6 Å². The van der Waals surface area contributed by atoms with Gasteiger partial charge in [-0.25, -0.2) is 4.99 Å². The van der Waals surface area contributed by atoms with Gasteiger partial charge in [-0.15, -0.1) is 0 Å². The van der Waals surface area contributed by atoms with E-state index in [1.54, 1.807) is 30.3 Å². The van der Waals surface area contributed by atoms with Crippen LogP contribution in [0.25, 0.3) is 6.08 Å². The maximum Gasteiger partial charge on any atom is 0.269 e. The summed E-state index contributed by atoms with van der Waals surface area (Å²) in [4.78, 5) is 27.6. The molecule has 0 aromatic heterocycles. The third-order valence-electron chi connectivity index (χ3n) is 4.66. The van der Waals surface area contributed by atoms with Crippen molar-refractivity contribution in [2.45, 2.75) is 6.61 Å². The molecule has 1 heterocycles. The summed E-state index contributed by atoms with van der Waals surface area (Å²) in [7, 11) is 1.53. The van der Waals surface area contributed by atoms with E-state index in [-0.39, 0.29) is 18.2 Å². The number of amidine groups is 1. The van der Waals surface area contributed by atoms with Gasteiger partial charge in [-0.3, -0.25) is 14.9 Å². The molecule has 1 amide bonds. The fourth-order valence-corrected chi connectivity index (χ4v) is 3.86. The van der Waals surface area contributed by atoms with Crippen LogP contribution in [0.3, 0.4) is 0 Å². The lowest BCUT2D eigenvalue weighted by Crippen LogP contribution is -2.19. The molecule has 4 rings (SSSR count). The molecule has 1 saturated heterocycles. The molecule has 33 heavy (non-hydrogen) atoms. The van der Waals surface area contributed by atoms with Crippen LogP contribution in [-0.4, -0.2) is 23.1 Å². The van der Waals surface area contributed by atoms with Gasteiger partial charge >= 0.3 is 0 Å². The van der Waals surface area contributed by atoms with E-state index >= 15 is 0 Å². The average molecular weight is 461 g/mol. The highest BCUT2D eigenvalue weighted by Gasteiger charge is 2.24. The van der Waals surface area contributed by atoms with Crippen LogP contribution in [0.2, 0.25) is 0 Å². The number of nitrogens with one attached hydrogen (secondary N) is 1. The fourth-order valence-electron chi connectivity index (χ4n) is 3.02. The van der Waals surface area contributed by atoms with Crippen molar-refractivity contribution >= 4 is 40.3 Å². The number of aliphatic imine (C=N–C) groups is 1. The molecular weight excluding hydrogens is 442 g/mol. The first-order chi connectivity index (χ1) is 16.0. The molecule has 0 unspecified atom stereocenters. The number of hydrogen-bond donors (Lipinski definition) is 1. The van der Waals surface area contributed by atoms with Gasteiger partial charge in [0.1, 0.15) is 6.61 Å². The molecule has 0 saturated carbocycles. The molecule has 0 bridgehead atoms. The SMILES string of the molecule is COc1cc(C=C2SC(=Nc3ccccc3)NC2=O)ccc1OCc1ccc([N+](=O)[O-])cc1. The molecule has 1 N–H and O–H groups in total. The number of carbonyl (C=O) groups is 1. The van der Waals surface area contributed by atoms with Gasteiger partial charge in [0.15, 0.2) is 16.7 Å². The topological polar surface area (TPSA) is 103 Å². The molecule has 9 heteroatoms. The minimum Gasteiger partial charge on any atom is -0.493 e. The number of non-ortho nitro benzene ring substituents is 1. The van der Waals surface area contributed by atoms with Crippen molar-refractivity contribution < 1.29 is 19.2 Å². The molecule has 0 atom stereocenters. The smallest absolute Gasteiger partial charge is 0.269 e. The Morgan fingerprint density at radius 2 is 1.82 bits per heavy atom. The zero-order chi connectivity index (χ0) is 23.2. The van der Waals surface area contributed by atoms with Crippen LogP contribution in [-0.2, 0) is 11.4 Å². The average Bonchev–Trinajstić information content (AvgIpc) is 3.17. The van der Waals surface area contributed by atoms with Crippen LogP contribution in [0, 0.1) is 10.1 Å². The monoisotopic (exact) mass is 461 g/mol. The maximum absolute atomic E-state index is 12.3. The van der Waals surface area contributed by atoms with Gasteiger partial charge in [-0.1, -0.05) is 24.3 Å². The Bertz CT molecular complexity index is 1240. The first kappa shape index (κ1) is 22.1. The zero-order valence-electron chi connectivity index (χ0n) is 17.6. The molecule has 0 aliphatic carbocycles. The van der Waals surface area contributed by atoms with Crippen molar-refractivity contribution in [2.75, 3.05) is 7.11 Å². The minimum absolute atomic E-state index is 0.0273. The van der Waals surface area contributed by atoms with Crippen molar-refractivity contribution in [1.29, 1.82) is 0 Å².